The van der Waals surface area contributed by atoms with E-state index in [1.165, 1.54) is 0 Å². The molecule has 0 aliphatic carbocycles. The number of esters is 1. The van der Waals surface area contributed by atoms with E-state index in [4.69, 9.17) is 4.74 Å². The van der Waals surface area contributed by atoms with Crippen LogP contribution in [-0.4, -0.2) is 22.5 Å². The molecule has 0 amide bonds. The Morgan fingerprint density at radius 1 is 1.40 bits per heavy atom. The van der Waals surface area contributed by atoms with Crippen molar-refractivity contribution in [3.05, 3.63) is 33.8 Å². The summed E-state index contributed by atoms with van der Waals surface area (Å²) in [6.45, 7) is 8.19. The second kappa shape index (κ2) is 6.13. The maximum atomic E-state index is 11.9. The zero-order valence-electron chi connectivity index (χ0n) is 12.1. The molecular formula is C15H18N2O2S. The van der Waals surface area contributed by atoms with Crippen molar-refractivity contribution in [2.75, 3.05) is 6.61 Å². The molecule has 0 unspecified atom stereocenters. The average Bonchev–Trinajstić information content (AvgIpc) is 2.84. The standard InChI is InChI=1S/C15H18N2O2S/c1-5-19-15(18)11-6-16-14(17-13(11)9(2)3)12-8-20-7-10(12)4/h6-9H,5H2,1-4H3. The molecule has 0 aliphatic heterocycles. The highest BCUT2D eigenvalue weighted by Crippen LogP contribution is 2.26. The third kappa shape index (κ3) is 2.88. The second-order valence-electron chi connectivity index (χ2n) is 4.84. The highest BCUT2D eigenvalue weighted by Gasteiger charge is 2.19. The lowest BCUT2D eigenvalue weighted by atomic mass is 10.0. The zero-order valence-corrected chi connectivity index (χ0v) is 13.0. The van der Waals surface area contributed by atoms with E-state index in [1.54, 1.807) is 24.5 Å². The molecule has 0 bridgehead atoms. The van der Waals surface area contributed by atoms with Crippen molar-refractivity contribution in [2.24, 2.45) is 0 Å². The van der Waals surface area contributed by atoms with Gasteiger partial charge in [0, 0.05) is 17.1 Å². The van der Waals surface area contributed by atoms with E-state index >= 15 is 0 Å². The van der Waals surface area contributed by atoms with Gasteiger partial charge in [0.2, 0.25) is 0 Å². The van der Waals surface area contributed by atoms with Crippen molar-refractivity contribution < 1.29 is 9.53 Å². The van der Waals surface area contributed by atoms with Gasteiger partial charge < -0.3 is 4.74 Å². The van der Waals surface area contributed by atoms with E-state index in [0.717, 1.165) is 16.8 Å². The summed E-state index contributed by atoms with van der Waals surface area (Å²) in [4.78, 5) is 20.8. The third-order valence-corrected chi connectivity index (χ3v) is 3.82. The molecule has 2 heterocycles. The van der Waals surface area contributed by atoms with Crippen LogP contribution in [-0.2, 0) is 4.74 Å². The molecule has 0 saturated heterocycles. The minimum Gasteiger partial charge on any atom is -0.462 e. The molecule has 106 valence electrons. The monoisotopic (exact) mass is 290 g/mol. The molecule has 0 radical (unpaired) electrons. The Hall–Kier alpha value is -1.75. The van der Waals surface area contributed by atoms with E-state index in [0.29, 0.717) is 18.0 Å². The van der Waals surface area contributed by atoms with Crippen LogP contribution in [0.25, 0.3) is 11.4 Å². The van der Waals surface area contributed by atoms with Gasteiger partial charge in [0.1, 0.15) is 0 Å². The lowest BCUT2D eigenvalue weighted by Crippen LogP contribution is -2.12. The second-order valence-corrected chi connectivity index (χ2v) is 5.58. The van der Waals surface area contributed by atoms with E-state index in [9.17, 15) is 4.79 Å². The first kappa shape index (κ1) is 14.7. The quantitative estimate of drug-likeness (QED) is 0.803. The minimum atomic E-state index is -0.357. The third-order valence-electron chi connectivity index (χ3n) is 2.96. The summed E-state index contributed by atoms with van der Waals surface area (Å²) in [7, 11) is 0. The number of ether oxygens (including phenoxy) is 1. The lowest BCUT2D eigenvalue weighted by molar-refractivity contribution is 0.0523. The van der Waals surface area contributed by atoms with E-state index in [1.807, 2.05) is 26.2 Å². The lowest BCUT2D eigenvalue weighted by Gasteiger charge is -2.12. The number of aryl methyl sites for hydroxylation is 1. The molecule has 4 nitrogen and oxygen atoms in total. The van der Waals surface area contributed by atoms with Gasteiger partial charge in [-0.05, 0) is 30.7 Å². The number of carbonyl (C=O) groups is 1. The fraction of sp³-hybridized carbons (Fsp3) is 0.400. The van der Waals surface area contributed by atoms with Gasteiger partial charge in [-0.2, -0.15) is 11.3 Å². The fourth-order valence-corrected chi connectivity index (χ4v) is 2.75. The molecule has 0 atom stereocenters. The number of thiophene rings is 1. The van der Waals surface area contributed by atoms with Gasteiger partial charge in [-0.15, -0.1) is 0 Å². The van der Waals surface area contributed by atoms with Crippen molar-refractivity contribution in [3.8, 4) is 11.4 Å². The summed E-state index contributed by atoms with van der Waals surface area (Å²) >= 11 is 1.62. The SMILES string of the molecule is CCOC(=O)c1cnc(-c2cscc2C)nc1C(C)C. The van der Waals surface area contributed by atoms with E-state index in [-0.39, 0.29) is 11.9 Å². The van der Waals surface area contributed by atoms with Gasteiger partial charge in [0.25, 0.3) is 0 Å². The Morgan fingerprint density at radius 3 is 2.70 bits per heavy atom. The fourth-order valence-electron chi connectivity index (χ4n) is 1.92. The van der Waals surface area contributed by atoms with Crippen LogP contribution < -0.4 is 0 Å². The number of aromatic nitrogens is 2. The average molecular weight is 290 g/mol. The summed E-state index contributed by atoms with van der Waals surface area (Å²) in [5.41, 5.74) is 3.36. The summed E-state index contributed by atoms with van der Waals surface area (Å²) in [6.07, 6.45) is 1.58. The van der Waals surface area contributed by atoms with Crippen molar-refractivity contribution in [3.63, 3.8) is 0 Å². The summed E-state index contributed by atoms with van der Waals surface area (Å²) < 4.78 is 5.06. The minimum absolute atomic E-state index is 0.134. The Labute approximate surface area is 122 Å². The molecular weight excluding hydrogens is 272 g/mol. The number of hydrogen-bond donors (Lipinski definition) is 0. The molecule has 2 aromatic heterocycles. The highest BCUT2D eigenvalue weighted by atomic mass is 32.1. The van der Waals surface area contributed by atoms with Gasteiger partial charge in [0.15, 0.2) is 5.82 Å². The maximum absolute atomic E-state index is 11.9. The molecule has 0 spiro atoms. The molecule has 0 fully saturated rings. The first-order valence-corrected chi connectivity index (χ1v) is 7.56. The van der Waals surface area contributed by atoms with Crippen molar-refractivity contribution >= 4 is 17.3 Å². The predicted octanol–water partition coefficient (Wildman–Crippen LogP) is 3.81. The summed E-state index contributed by atoms with van der Waals surface area (Å²) in [5.74, 6) is 0.445. The maximum Gasteiger partial charge on any atom is 0.341 e. The van der Waals surface area contributed by atoms with Gasteiger partial charge in [-0.1, -0.05) is 13.8 Å². The Morgan fingerprint density at radius 2 is 2.15 bits per heavy atom. The highest BCUT2D eigenvalue weighted by molar-refractivity contribution is 7.08. The molecule has 0 aromatic carbocycles. The summed E-state index contributed by atoms with van der Waals surface area (Å²) in [5, 5.41) is 4.09. The largest absolute Gasteiger partial charge is 0.462 e. The van der Waals surface area contributed by atoms with Crippen LogP contribution in [0.5, 0.6) is 0 Å². The van der Waals surface area contributed by atoms with Crippen LogP contribution in [0.4, 0.5) is 0 Å². The molecule has 0 N–H and O–H groups in total. The molecule has 2 rings (SSSR count). The van der Waals surface area contributed by atoms with E-state index < -0.39 is 0 Å². The normalized spacial score (nSPS) is 10.8. The van der Waals surface area contributed by atoms with Gasteiger partial charge in [0.05, 0.1) is 17.9 Å². The molecule has 0 aliphatic rings. The smallest absolute Gasteiger partial charge is 0.341 e. The van der Waals surface area contributed by atoms with Gasteiger partial charge >= 0.3 is 5.97 Å². The number of carbonyl (C=O) groups excluding carboxylic acids is 1. The topological polar surface area (TPSA) is 52.1 Å². The van der Waals surface area contributed by atoms with Crippen molar-refractivity contribution in [1.29, 1.82) is 0 Å². The first-order valence-electron chi connectivity index (χ1n) is 6.61. The van der Waals surface area contributed by atoms with Crippen LogP contribution in [0, 0.1) is 6.92 Å². The number of hydrogen-bond acceptors (Lipinski definition) is 5. The Kier molecular flexibility index (Phi) is 4.49. The zero-order chi connectivity index (χ0) is 14.7. The van der Waals surface area contributed by atoms with Crippen molar-refractivity contribution in [1.82, 2.24) is 9.97 Å². The number of rotatable bonds is 4. The van der Waals surface area contributed by atoms with E-state index in [2.05, 4.69) is 15.3 Å². The van der Waals surface area contributed by atoms with Gasteiger partial charge in [-0.25, -0.2) is 14.8 Å². The summed E-state index contributed by atoms with van der Waals surface area (Å²) in [6, 6.07) is 0. The molecule has 0 saturated carbocycles. The van der Waals surface area contributed by atoms with Crippen LogP contribution in [0.1, 0.15) is 48.3 Å². The predicted molar refractivity (Wildman–Crippen MR) is 80.1 cm³/mol. The van der Waals surface area contributed by atoms with Crippen molar-refractivity contribution in [2.45, 2.75) is 33.6 Å². The molecule has 5 heteroatoms. The Balaban J connectivity index is 2.48. The van der Waals surface area contributed by atoms with Gasteiger partial charge in [-0.3, -0.25) is 0 Å². The van der Waals surface area contributed by atoms with Crippen LogP contribution in [0.3, 0.4) is 0 Å². The van der Waals surface area contributed by atoms with Crippen LogP contribution >= 0.6 is 11.3 Å². The Bertz CT molecular complexity index is 620. The van der Waals surface area contributed by atoms with Crippen LogP contribution in [0.15, 0.2) is 17.0 Å². The number of nitrogens with zero attached hydrogens (tertiary/aromatic N) is 2. The molecule has 20 heavy (non-hydrogen) atoms. The van der Waals surface area contributed by atoms with Crippen LogP contribution in [0.2, 0.25) is 0 Å². The first-order chi connectivity index (χ1) is 9.54. The molecule has 2 aromatic rings.